The molecule has 1 N–H and O–H groups in total. The molecule has 3 aromatic rings. The lowest BCUT2D eigenvalue weighted by Crippen LogP contribution is -2.29. The van der Waals surface area contributed by atoms with Crippen molar-refractivity contribution >= 4 is 11.6 Å². The highest BCUT2D eigenvalue weighted by molar-refractivity contribution is 5.76. The van der Waals surface area contributed by atoms with Crippen LogP contribution in [0.25, 0.3) is 5.65 Å². The molecule has 0 spiro atoms. The topological polar surface area (TPSA) is 68.5 Å². The van der Waals surface area contributed by atoms with E-state index in [-0.39, 0.29) is 18.4 Å². The van der Waals surface area contributed by atoms with E-state index in [1.165, 1.54) is 0 Å². The second-order valence-electron chi connectivity index (χ2n) is 5.19. The maximum atomic E-state index is 12.0. The van der Waals surface area contributed by atoms with Crippen LogP contribution < -0.4 is 10.1 Å². The van der Waals surface area contributed by atoms with E-state index in [1.54, 1.807) is 0 Å². The molecule has 0 aliphatic carbocycles. The summed E-state index contributed by atoms with van der Waals surface area (Å²) in [6.45, 7) is 2.22. The van der Waals surface area contributed by atoms with Crippen LogP contribution in [-0.2, 0) is 4.79 Å². The maximum Gasteiger partial charge on any atom is 0.224 e. The van der Waals surface area contributed by atoms with E-state index in [9.17, 15) is 4.79 Å². The van der Waals surface area contributed by atoms with Crippen LogP contribution in [0.15, 0.2) is 54.7 Å². The zero-order chi connectivity index (χ0) is 16.1. The molecule has 1 aromatic carbocycles. The Hall–Kier alpha value is -2.89. The number of nitrogens with zero attached hydrogens (tertiary/aromatic N) is 3. The number of aromatic nitrogens is 3. The molecule has 118 valence electrons. The summed E-state index contributed by atoms with van der Waals surface area (Å²) in [6, 6.07) is 14.9. The van der Waals surface area contributed by atoms with Crippen LogP contribution in [0.2, 0.25) is 0 Å². The highest BCUT2D eigenvalue weighted by atomic mass is 16.5. The lowest BCUT2D eigenvalue weighted by molar-refractivity contribution is -0.122. The first-order valence-electron chi connectivity index (χ1n) is 7.51. The fourth-order valence-corrected chi connectivity index (χ4v) is 2.31. The largest absolute Gasteiger partial charge is 0.493 e. The average molecular weight is 310 g/mol. The summed E-state index contributed by atoms with van der Waals surface area (Å²) in [7, 11) is 0. The van der Waals surface area contributed by atoms with E-state index in [0.717, 1.165) is 11.4 Å². The summed E-state index contributed by atoms with van der Waals surface area (Å²) in [5.41, 5.74) is 0.760. The molecule has 1 unspecified atom stereocenters. The zero-order valence-corrected chi connectivity index (χ0v) is 12.8. The molecule has 6 nitrogen and oxygen atoms in total. The van der Waals surface area contributed by atoms with Crippen LogP contribution in [0.4, 0.5) is 0 Å². The van der Waals surface area contributed by atoms with Crippen molar-refractivity contribution in [3.05, 3.63) is 60.6 Å². The molecular weight excluding hydrogens is 292 g/mol. The lowest BCUT2D eigenvalue weighted by Gasteiger charge is -2.12. The molecule has 3 rings (SSSR count). The summed E-state index contributed by atoms with van der Waals surface area (Å²) in [4.78, 5) is 12.0. The fourth-order valence-electron chi connectivity index (χ4n) is 2.31. The summed E-state index contributed by atoms with van der Waals surface area (Å²) < 4.78 is 7.39. The first-order valence-corrected chi connectivity index (χ1v) is 7.51. The van der Waals surface area contributed by atoms with Gasteiger partial charge in [0.25, 0.3) is 0 Å². The maximum absolute atomic E-state index is 12.0. The van der Waals surface area contributed by atoms with Gasteiger partial charge >= 0.3 is 0 Å². The summed E-state index contributed by atoms with van der Waals surface area (Å²) in [5.74, 6) is 1.39. The molecule has 2 aromatic heterocycles. The van der Waals surface area contributed by atoms with Crippen molar-refractivity contribution in [2.24, 2.45) is 0 Å². The lowest BCUT2D eigenvalue weighted by atomic mass is 10.3. The van der Waals surface area contributed by atoms with E-state index in [0.29, 0.717) is 12.4 Å². The quantitative estimate of drug-likeness (QED) is 0.759. The van der Waals surface area contributed by atoms with Gasteiger partial charge in [-0.05, 0) is 31.2 Å². The minimum atomic E-state index is -0.225. The molecule has 6 heteroatoms. The van der Waals surface area contributed by atoms with Gasteiger partial charge in [0, 0.05) is 6.20 Å². The van der Waals surface area contributed by atoms with E-state index in [2.05, 4.69) is 15.5 Å². The van der Waals surface area contributed by atoms with Gasteiger partial charge < -0.3 is 10.1 Å². The van der Waals surface area contributed by atoms with Crippen LogP contribution in [0.5, 0.6) is 5.75 Å². The molecule has 2 heterocycles. The number of benzene rings is 1. The summed E-state index contributed by atoms with van der Waals surface area (Å²) in [5, 5.41) is 11.1. The minimum absolute atomic E-state index is 0.0823. The van der Waals surface area contributed by atoms with Crippen molar-refractivity contribution in [2.75, 3.05) is 6.61 Å². The first-order chi connectivity index (χ1) is 11.2. The molecule has 1 amide bonds. The van der Waals surface area contributed by atoms with Gasteiger partial charge in [0.05, 0.1) is 19.1 Å². The van der Waals surface area contributed by atoms with Gasteiger partial charge in [0.2, 0.25) is 5.91 Å². The predicted molar refractivity (Wildman–Crippen MR) is 86.1 cm³/mol. The minimum Gasteiger partial charge on any atom is -0.493 e. The number of hydrogen-bond donors (Lipinski definition) is 1. The number of fused-ring (bicyclic) bond motifs is 1. The predicted octanol–water partition coefficient (Wildman–Crippen LogP) is 2.38. The molecule has 0 aliphatic rings. The van der Waals surface area contributed by atoms with Crippen molar-refractivity contribution in [1.29, 1.82) is 0 Å². The molecule has 1 atom stereocenters. The van der Waals surface area contributed by atoms with Crippen LogP contribution >= 0.6 is 0 Å². The number of nitrogens with one attached hydrogen (secondary N) is 1. The molecular formula is C17H18N4O2. The number of rotatable bonds is 6. The zero-order valence-electron chi connectivity index (χ0n) is 12.8. The molecule has 0 radical (unpaired) electrons. The Morgan fingerprint density at radius 3 is 2.78 bits per heavy atom. The Morgan fingerprint density at radius 2 is 1.96 bits per heavy atom. The Kier molecular flexibility index (Phi) is 4.52. The fraction of sp³-hybridized carbons (Fsp3) is 0.235. The Balaban J connectivity index is 1.53. The van der Waals surface area contributed by atoms with Crippen molar-refractivity contribution < 1.29 is 9.53 Å². The monoisotopic (exact) mass is 310 g/mol. The third-order valence-corrected chi connectivity index (χ3v) is 3.45. The van der Waals surface area contributed by atoms with Crippen LogP contribution in [0.3, 0.4) is 0 Å². The standard InChI is InChI=1S/C17H18N4O2/c1-13(17-20-19-15-9-5-6-11-21(15)17)18-16(22)10-12-23-14-7-3-2-4-8-14/h2-9,11,13H,10,12H2,1H3,(H,18,22). The molecule has 0 saturated carbocycles. The van der Waals surface area contributed by atoms with Crippen molar-refractivity contribution in [3.63, 3.8) is 0 Å². The number of pyridine rings is 1. The van der Waals surface area contributed by atoms with Gasteiger partial charge in [-0.2, -0.15) is 0 Å². The third-order valence-electron chi connectivity index (χ3n) is 3.45. The number of hydrogen-bond acceptors (Lipinski definition) is 4. The molecule has 0 fully saturated rings. The smallest absolute Gasteiger partial charge is 0.224 e. The average Bonchev–Trinajstić information content (AvgIpc) is 3.00. The summed E-state index contributed by atoms with van der Waals surface area (Å²) >= 11 is 0. The number of amides is 1. The van der Waals surface area contributed by atoms with Crippen molar-refractivity contribution in [1.82, 2.24) is 19.9 Å². The van der Waals surface area contributed by atoms with Gasteiger partial charge in [0.15, 0.2) is 11.5 Å². The Bertz CT molecular complexity index is 785. The normalized spacial score (nSPS) is 12.0. The van der Waals surface area contributed by atoms with Gasteiger partial charge in [-0.15, -0.1) is 10.2 Å². The highest BCUT2D eigenvalue weighted by Crippen LogP contribution is 2.12. The number of carbonyl (C=O) groups excluding carboxylic acids is 1. The van der Waals surface area contributed by atoms with Crippen molar-refractivity contribution in [2.45, 2.75) is 19.4 Å². The molecule has 0 saturated heterocycles. The van der Waals surface area contributed by atoms with E-state index < -0.39 is 0 Å². The molecule has 0 bridgehead atoms. The third kappa shape index (κ3) is 3.66. The van der Waals surface area contributed by atoms with E-state index in [4.69, 9.17) is 4.74 Å². The van der Waals surface area contributed by atoms with Crippen LogP contribution in [-0.4, -0.2) is 27.1 Å². The number of carbonyl (C=O) groups is 1. The van der Waals surface area contributed by atoms with E-state index in [1.807, 2.05) is 66.1 Å². The van der Waals surface area contributed by atoms with Gasteiger partial charge in [-0.3, -0.25) is 9.20 Å². The van der Waals surface area contributed by atoms with Crippen LogP contribution in [0, 0.1) is 0 Å². The molecule has 23 heavy (non-hydrogen) atoms. The Morgan fingerprint density at radius 1 is 1.17 bits per heavy atom. The second-order valence-corrected chi connectivity index (χ2v) is 5.19. The van der Waals surface area contributed by atoms with Gasteiger partial charge in [0.1, 0.15) is 5.75 Å². The first kappa shape index (κ1) is 15.0. The number of ether oxygens (including phenoxy) is 1. The SMILES string of the molecule is CC(NC(=O)CCOc1ccccc1)c1nnc2ccccn12. The second kappa shape index (κ2) is 6.91. The number of para-hydroxylation sites is 1. The highest BCUT2D eigenvalue weighted by Gasteiger charge is 2.15. The summed E-state index contributed by atoms with van der Waals surface area (Å²) in [6.07, 6.45) is 2.17. The molecule has 0 aliphatic heterocycles. The van der Waals surface area contributed by atoms with Gasteiger partial charge in [-0.25, -0.2) is 0 Å². The van der Waals surface area contributed by atoms with E-state index >= 15 is 0 Å². The van der Waals surface area contributed by atoms with Crippen molar-refractivity contribution in [3.8, 4) is 5.75 Å². The Labute approximate surface area is 134 Å². The van der Waals surface area contributed by atoms with Crippen LogP contribution in [0.1, 0.15) is 25.2 Å². The van der Waals surface area contributed by atoms with Gasteiger partial charge in [-0.1, -0.05) is 24.3 Å².